The molecule has 0 saturated carbocycles. The molecule has 4 heteroatoms. The zero-order valence-electron chi connectivity index (χ0n) is 26.1. The van der Waals surface area contributed by atoms with E-state index in [0.717, 1.165) is 5.69 Å². The summed E-state index contributed by atoms with van der Waals surface area (Å²) in [4.78, 5) is 0. The number of rotatable bonds is 4. The predicted octanol–water partition coefficient (Wildman–Crippen LogP) is 11.6. The van der Waals surface area contributed by atoms with Crippen molar-refractivity contribution in [3.8, 4) is 16.8 Å². The van der Waals surface area contributed by atoms with Gasteiger partial charge in [-0.2, -0.15) is 0 Å². The van der Waals surface area contributed by atoms with Crippen LogP contribution in [-0.2, 0) is 0 Å². The number of nitrogens with zero attached hydrogens (tertiary/aromatic N) is 1. The van der Waals surface area contributed by atoms with Crippen molar-refractivity contribution < 1.29 is 0 Å². The van der Waals surface area contributed by atoms with E-state index in [1.807, 2.05) is 11.3 Å². The molecular formula is C44H31N3S. The largest absolute Gasteiger partial charge is 0.366 e. The Kier molecular flexibility index (Phi) is 6.26. The molecule has 48 heavy (non-hydrogen) atoms. The first-order valence-corrected chi connectivity index (χ1v) is 17.3. The van der Waals surface area contributed by atoms with Crippen molar-refractivity contribution in [2.24, 2.45) is 0 Å². The van der Waals surface area contributed by atoms with Crippen LogP contribution in [0.4, 0.5) is 5.69 Å². The van der Waals surface area contributed by atoms with Crippen molar-refractivity contribution in [3.63, 3.8) is 0 Å². The normalized spacial score (nSPS) is 16.0. The number of nitrogens with one attached hydrogen (secondary N) is 2. The highest BCUT2D eigenvalue weighted by molar-refractivity contribution is 7.25. The number of hydrogen-bond acceptors (Lipinski definition) is 3. The number of para-hydroxylation sites is 1. The van der Waals surface area contributed by atoms with Crippen LogP contribution >= 0.6 is 11.3 Å². The van der Waals surface area contributed by atoms with Crippen molar-refractivity contribution in [3.05, 3.63) is 180 Å². The number of aromatic nitrogens is 1. The molecule has 9 aromatic rings. The molecule has 0 aliphatic carbocycles. The molecule has 2 aromatic heterocycles. The smallest absolute Gasteiger partial charge is 0.104 e. The number of thiophene rings is 1. The molecule has 0 amide bonds. The van der Waals surface area contributed by atoms with Crippen LogP contribution in [0.2, 0.25) is 0 Å². The molecule has 3 nitrogen and oxygen atoms in total. The fraction of sp³-hybridized carbons (Fsp3) is 0.0455. The molecule has 2 N–H and O–H groups in total. The van der Waals surface area contributed by atoms with Gasteiger partial charge in [0.15, 0.2) is 0 Å². The zero-order chi connectivity index (χ0) is 31.6. The van der Waals surface area contributed by atoms with Crippen molar-refractivity contribution in [2.45, 2.75) is 12.2 Å². The summed E-state index contributed by atoms with van der Waals surface area (Å²) in [6.07, 6.45) is -0.0254. The highest BCUT2D eigenvalue weighted by atomic mass is 32.1. The highest BCUT2D eigenvalue weighted by Gasteiger charge is 2.27. The third-order valence-corrected chi connectivity index (χ3v) is 11.0. The summed E-state index contributed by atoms with van der Waals surface area (Å²) < 4.78 is 5.10. The van der Waals surface area contributed by atoms with Gasteiger partial charge in [0.2, 0.25) is 0 Å². The Bertz CT molecular complexity index is 2620. The molecule has 1 aliphatic rings. The second-order valence-corrected chi connectivity index (χ2v) is 13.7. The summed E-state index contributed by atoms with van der Waals surface area (Å²) in [7, 11) is 0. The van der Waals surface area contributed by atoms with Crippen LogP contribution in [0.1, 0.15) is 28.9 Å². The molecule has 2 atom stereocenters. The van der Waals surface area contributed by atoms with Crippen LogP contribution in [0, 0.1) is 0 Å². The van der Waals surface area contributed by atoms with E-state index in [9.17, 15) is 0 Å². The quantitative estimate of drug-likeness (QED) is 0.202. The van der Waals surface area contributed by atoms with Gasteiger partial charge in [-0.25, -0.2) is 0 Å². The van der Waals surface area contributed by atoms with Crippen LogP contribution in [-0.4, -0.2) is 4.57 Å². The van der Waals surface area contributed by atoms with Crippen LogP contribution in [0.15, 0.2) is 164 Å². The third kappa shape index (κ3) is 4.38. The van der Waals surface area contributed by atoms with Crippen molar-refractivity contribution in [1.29, 1.82) is 0 Å². The van der Waals surface area contributed by atoms with E-state index in [0.29, 0.717) is 0 Å². The molecule has 228 valence electrons. The molecule has 0 spiro atoms. The fourth-order valence-electron chi connectivity index (χ4n) is 7.58. The van der Waals surface area contributed by atoms with Crippen LogP contribution in [0.25, 0.3) is 58.8 Å². The summed E-state index contributed by atoms with van der Waals surface area (Å²) >= 11 is 1.88. The van der Waals surface area contributed by atoms with Gasteiger partial charge >= 0.3 is 0 Å². The Morgan fingerprint density at radius 1 is 0.479 bits per heavy atom. The summed E-state index contributed by atoms with van der Waals surface area (Å²) in [5.41, 5.74) is 11.0. The van der Waals surface area contributed by atoms with E-state index in [1.54, 1.807) is 0 Å². The summed E-state index contributed by atoms with van der Waals surface area (Å²) in [5, 5.41) is 12.8. The lowest BCUT2D eigenvalue weighted by Crippen LogP contribution is -2.37. The van der Waals surface area contributed by atoms with E-state index in [-0.39, 0.29) is 12.2 Å². The second kappa shape index (κ2) is 11.0. The summed E-state index contributed by atoms with van der Waals surface area (Å²) in [6, 6.07) is 59.7. The maximum Gasteiger partial charge on any atom is 0.104 e. The van der Waals surface area contributed by atoms with Gasteiger partial charge in [-0.05, 0) is 76.3 Å². The lowest BCUT2D eigenvalue weighted by atomic mass is 9.93. The molecule has 0 bridgehead atoms. The minimum absolute atomic E-state index is 0.0254. The summed E-state index contributed by atoms with van der Waals surface area (Å²) in [6.45, 7) is 0. The van der Waals surface area contributed by atoms with E-state index < -0.39 is 0 Å². The van der Waals surface area contributed by atoms with Crippen LogP contribution < -0.4 is 10.6 Å². The van der Waals surface area contributed by atoms with Crippen LogP contribution in [0.5, 0.6) is 0 Å². The van der Waals surface area contributed by atoms with Gasteiger partial charge in [0.1, 0.15) is 6.17 Å². The average molecular weight is 634 g/mol. The lowest BCUT2D eigenvalue weighted by Gasteiger charge is -2.35. The molecule has 0 fully saturated rings. The lowest BCUT2D eigenvalue weighted by molar-refractivity contribution is 0.506. The Balaban J connectivity index is 1.12. The Hall–Kier alpha value is -5.68. The molecular weight excluding hydrogens is 603 g/mol. The molecule has 3 heterocycles. The molecule has 0 saturated heterocycles. The number of anilines is 1. The number of benzene rings is 7. The van der Waals surface area contributed by atoms with Crippen molar-refractivity contribution >= 4 is 59.0 Å². The van der Waals surface area contributed by atoms with Gasteiger partial charge in [0.05, 0.1) is 17.1 Å². The van der Waals surface area contributed by atoms with Gasteiger partial charge in [-0.1, -0.05) is 115 Å². The second-order valence-electron chi connectivity index (χ2n) is 12.7. The molecule has 10 rings (SSSR count). The first-order chi connectivity index (χ1) is 23.8. The standard InChI is InChI=1S/C44H31N3S/c1-3-11-28(12-4-1)31-21-24-39-35(25-31)36-27-42-37(33-15-8-10-18-41(33)48-42)26-40(36)47(39)32-22-19-30(20-23-32)44-45-38-17-9-7-16-34(38)43(46-44)29-13-5-2-6-14-29/h1-27,43-46H. The van der Waals surface area contributed by atoms with E-state index in [1.165, 1.54) is 75.5 Å². The zero-order valence-corrected chi connectivity index (χ0v) is 26.9. The minimum Gasteiger partial charge on any atom is -0.366 e. The predicted molar refractivity (Wildman–Crippen MR) is 203 cm³/mol. The topological polar surface area (TPSA) is 29.0 Å². The molecule has 1 aliphatic heterocycles. The Labute approximate surface area is 282 Å². The molecule has 2 unspecified atom stereocenters. The Morgan fingerprint density at radius 2 is 1.21 bits per heavy atom. The van der Waals surface area contributed by atoms with Gasteiger partial charge in [0.25, 0.3) is 0 Å². The van der Waals surface area contributed by atoms with Crippen molar-refractivity contribution in [2.75, 3.05) is 5.32 Å². The Morgan fingerprint density at radius 3 is 2.06 bits per heavy atom. The first-order valence-electron chi connectivity index (χ1n) is 16.5. The minimum atomic E-state index is -0.0254. The maximum atomic E-state index is 3.89. The van der Waals surface area contributed by atoms with E-state index >= 15 is 0 Å². The third-order valence-electron chi connectivity index (χ3n) is 9.89. The van der Waals surface area contributed by atoms with Gasteiger partial charge in [0, 0.05) is 42.3 Å². The van der Waals surface area contributed by atoms with Gasteiger partial charge in [-0.3, -0.25) is 5.32 Å². The SMILES string of the molecule is c1ccc(-c2ccc3c(c2)c2cc4sc5ccccc5c4cc2n3-c2ccc(C3Nc4ccccc4C(c4ccccc4)N3)cc2)cc1. The van der Waals surface area contributed by atoms with E-state index in [4.69, 9.17) is 0 Å². The number of fused-ring (bicyclic) bond motifs is 7. The van der Waals surface area contributed by atoms with Crippen molar-refractivity contribution in [1.82, 2.24) is 9.88 Å². The number of hydrogen-bond donors (Lipinski definition) is 2. The highest BCUT2D eigenvalue weighted by Crippen LogP contribution is 2.42. The first kappa shape index (κ1) is 27.4. The average Bonchev–Trinajstić information content (AvgIpc) is 3.68. The molecule has 0 radical (unpaired) electrons. The summed E-state index contributed by atoms with van der Waals surface area (Å²) in [5.74, 6) is 0. The molecule has 7 aromatic carbocycles. The van der Waals surface area contributed by atoms with Crippen LogP contribution in [0.3, 0.4) is 0 Å². The van der Waals surface area contributed by atoms with E-state index in [2.05, 4.69) is 179 Å². The maximum absolute atomic E-state index is 3.89. The monoisotopic (exact) mass is 633 g/mol. The fourth-order valence-corrected chi connectivity index (χ4v) is 8.70. The van der Waals surface area contributed by atoms with Gasteiger partial charge in [-0.15, -0.1) is 11.3 Å². The van der Waals surface area contributed by atoms with Gasteiger partial charge < -0.3 is 9.88 Å².